The zero-order valence-corrected chi connectivity index (χ0v) is 14.3. The van der Waals surface area contributed by atoms with Crippen molar-refractivity contribution in [1.29, 1.82) is 0 Å². The Bertz CT molecular complexity index is 723. The molecule has 0 unspecified atom stereocenters. The third kappa shape index (κ3) is 4.29. The van der Waals surface area contributed by atoms with Crippen LogP contribution in [0.25, 0.3) is 0 Å². The molecule has 0 bridgehead atoms. The molecular formula is C17H18ClFN2O3. The van der Waals surface area contributed by atoms with Crippen molar-refractivity contribution < 1.29 is 18.7 Å². The number of anilines is 1. The van der Waals surface area contributed by atoms with Crippen LogP contribution in [-0.4, -0.2) is 20.3 Å². The van der Waals surface area contributed by atoms with E-state index in [0.717, 1.165) is 5.56 Å². The summed E-state index contributed by atoms with van der Waals surface area (Å²) in [5, 5.41) is 5.83. The third-order valence-electron chi connectivity index (χ3n) is 3.44. The van der Waals surface area contributed by atoms with Crippen LogP contribution in [0, 0.1) is 5.82 Å². The van der Waals surface area contributed by atoms with Gasteiger partial charge in [0.15, 0.2) is 0 Å². The zero-order valence-electron chi connectivity index (χ0n) is 13.5. The van der Waals surface area contributed by atoms with Gasteiger partial charge in [0.2, 0.25) is 0 Å². The molecule has 2 rings (SSSR count). The predicted molar refractivity (Wildman–Crippen MR) is 91.5 cm³/mol. The number of halogens is 2. The summed E-state index contributed by atoms with van der Waals surface area (Å²) in [6.45, 7) is 1.80. The first-order chi connectivity index (χ1) is 11.4. The van der Waals surface area contributed by atoms with Crippen LogP contribution >= 0.6 is 11.6 Å². The first kappa shape index (κ1) is 17.9. The molecular weight excluding hydrogens is 335 g/mol. The summed E-state index contributed by atoms with van der Waals surface area (Å²) in [7, 11) is 2.95. The number of amides is 2. The number of hydrogen-bond acceptors (Lipinski definition) is 3. The van der Waals surface area contributed by atoms with Crippen LogP contribution in [0.4, 0.5) is 14.9 Å². The smallest absolute Gasteiger partial charge is 0.319 e. The Hall–Kier alpha value is -2.47. The van der Waals surface area contributed by atoms with E-state index in [2.05, 4.69) is 10.6 Å². The molecule has 2 N–H and O–H groups in total. The number of urea groups is 1. The monoisotopic (exact) mass is 352 g/mol. The molecule has 2 aromatic carbocycles. The van der Waals surface area contributed by atoms with Gasteiger partial charge < -0.3 is 20.1 Å². The number of benzene rings is 2. The average Bonchev–Trinajstić information content (AvgIpc) is 2.56. The van der Waals surface area contributed by atoms with Gasteiger partial charge in [-0.1, -0.05) is 23.7 Å². The number of nitrogens with one attached hydrogen (secondary N) is 2. The van der Waals surface area contributed by atoms with E-state index in [1.807, 2.05) is 0 Å². The molecule has 2 amide bonds. The maximum absolute atomic E-state index is 13.0. The van der Waals surface area contributed by atoms with Gasteiger partial charge in [-0.3, -0.25) is 0 Å². The molecule has 2 aromatic rings. The highest BCUT2D eigenvalue weighted by atomic mass is 35.5. The summed E-state index contributed by atoms with van der Waals surface area (Å²) in [6, 6.07) is 8.32. The highest BCUT2D eigenvalue weighted by molar-refractivity contribution is 6.32. The number of ether oxygens (including phenoxy) is 2. The van der Waals surface area contributed by atoms with Crippen molar-refractivity contribution in [3.8, 4) is 11.5 Å². The number of methoxy groups -OCH3 is 2. The largest absolute Gasteiger partial charge is 0.495 e. The molecule has 1 atom stereocenters. The summed E-state index contributed by atoms with van der Waals surface area (Å²) >= 11 is 6.03. The molecule has 0 fully saturated rings. The molecule has 0 saturated heterocycles. The van der Waals surface area contributed by atoms with Gasteiger partial charge in [0.05, 0.1) is 31.0 Å². The van der Waals surface area contributed by atoms with Gasteiger partial charge in [0, 0.05) is 12.1 Å². The van der Waals surface area contributed by atoms with Crippen LogP contribution in [0.1, 0.15) is 18.5 Å². The Balaban J connectivity index is 2.10. The third-order valence-corrected chi connectivity index (χ3v) is 3.74. The summed E-state index contributed by atoms with van der Waals surface area (Å²) < 4.78 is 23.3. The summed E-state index contributed by atoms with van der Waals surface area (Å²) in [5.74, 6) is 0.498. The van der Waals surface area contributed by atoms with Crippen LogP contribution < -0.4 is 20.1 Å². The van der Waals surface area contributed by atoms with Gasteiger partial charge in [-0.2, -0.15) is 0 Å². The number of rotatable bonds is 5. The fourth-order valence-corrected chi connectivity index (χ4v) is 2.38. The van der Waals surface area contributed by atoms with Gasteiger partial charge in [0.25, 0.3) is 0 Å². The quantitative estimate of drug-likeness (QED) is 0.839. The van der Waals surface area contributed by atoms with E-state index in [0.29, 0.717) is 22.2 Å². The lowest BCUT2D eigenvalue weighted by atomic mass is 10.1. The lowest BCUT2D eigenvalue weighted by Gasteiger charge is -2.17. The second kappa shape index (κ2) is 7.88. The molecule has 5 nitrogen and oxygen atoms in total. The minimum Gasteiger partial charge on any atom is -0.495 e. The zero-order chi connectivity index (χ0) is 17.7. The summed E-state index contributed by atoms with van der Waals surface area (Å²) in [4.78, 5) is 12.2. The van der Waals surface area contributed by atoms with Crippen molar-refractivity contribution in [3.63, 3.8) is 0 Å². The fourth-order valence-electron chi connectivity index (χ4n) is 2.15. The van der Waals surface area contributed by atoms with Crippen LogP contribution in [0.5, 0.6) is 11.5 Å². The molecule has 7 heteroatoms. The molecule has 128 valence electrons. The Morgan fingerprint density at radius 1 is 1.12 bits per heavy atom. The van der Waals surface area contributed by atoms with Gasteiger partial charge in [-0.05, 0) is 24.6 Å². The highest BCUT2D eigenvalue weighted by Crippen LogP contribution is 2.35. The topological polar surface area (TPSA) is 59.6 Å². The van der Waals surface area contributed by atoms with Gasteiger partial charge >= 0.3 is 6.03 Å². The Kier molecular flexibility index (Phi) is 5.87. The van der Waals surface area contributed by atoms with E-state index in [1.54, 1.807) is 31.2 Å². The summed E-state index contributed by atoms with van der Waals surface area (Å²) in [6.07, 6.45) is 0. The lowest BCUT2D eigenvalue weighted by Crippen LogP contribution is -2.31. The Morgan fingerprint density at radius 2 is 1.75 bits per heavy atom. The van der Waals surface area contributed by atoms with Gasteiger partial charge in [-0.25, -0.2) is 9.18 Å². The maximum Gasteiger partial charge on any atom is 0.319 e. The van der Waals surface area contributed by atoms with Crippen molar-refractivity contribution >= 4 is 23.3 Å². The second-order valence-electron chi connectivity index (χ2n) is 5.06. The number of hydrogen-bond donors (Lipinski definition) is 2. The van der Waals surface area contributed by atoms with Crippen molar-refractivity contribution in [2.75, 3.05) is 19.5 Å². The molecule has 0 radical (unpaired) electrons. The Morgan fingerprint density at radius 3 is 2.33 bits per heavy atom. The molecule has 0 aliphatic heterocycles. The normalized spacial score (nSPS) is 11.5. The average molecular weight is 353 g/mol. The lowest BCUT2D eigenvalue weighted by molar-refractivity contribution is 0.249. The van der Waals surface area contributed by atoms with Gasteiger partial charge in [-0.15, -0.1) is 0 Å². The predicted octanol–water partition coefficient (Wildman–Crippen LogP) is 4.38. The standard InChI is InChI=1S/C17H18ClFN2O3/c1-10(11-4-6-12(19)7-5-11)20-17(22)21-14-9-15(23-2)13(18)8-16(14)24-3/h4-10H,1-3H3,(H2,20,21,22)/t10-/m1/s1. The van der Waals surface area contributed by atoms with Crippen molar-refractivity contribution in [2.45, 2.75) is 13.0 Å². The number of carbonyl (C=O) groups excluding carboxylic acids is 1. The molecule has 0 spiro atoms. The maximum atomic E-state index is 13.0. The van der Waals surface area contributed by atoms with Crippen LogP contribution in [0.15, 0.2) is 36.4 Å². The second-order valence-corrected chi connectivity index (χ2v) is 5.47. The SMILES string of the molecule is COc1cc(NC(=O)N[C@H](C)c2ccc(F)cc2)c(OC)cc1Cl. The number of carbonyl (C=O) groups is 1. The Labute approximate surface area is 144 Å². The van der Waals surface area contributed by atoms with Crippen molar-refractivity contribution in [1.82, 2.24) is 5.32 Å². The molecule has 0 aromatic heterocycles. The van der Waals surface area contributed by atoms with Gasteiger partial charge in [0.1, 0.15) is 17.3 Å². The van der Waals surface area contributed by atoms with Crippen LogP contribution in [0.3, 0.4) is 0 Å². The van der Waals surface area contributed by atoms with E-state index >= 15 is 0 Å². The van der Waals surface area contributed by atoms with Crippen molar-refractivity contribution in [3.05, 3.63) is 52.8 Å². The minimum absolute atomic E-state index is 0.300. The van der Waals surface area contributed by atoms with E-state index in [4.69, 9.17) is 21.1 Å². The minimum atomic E-state index is -0.436. The molecule has 0 aliphatic carbocycles. The van der Waals surface area contributed by atoms with Crippen LogP contribution in [0.2, 0.25) is 5.02 Å². The fraction of sp³-hybridized carbons (Fsp3) is 0.235. The first-order valence-electron chi connectivity index (χ1n) is 7.19. The van der Waals surface area contributed by atoms with E-state index in [-0.39, 0.29) is 11.9 Å². The molecule has 0 saturated carbocycles. The van der Waals surface area contributed by atoms with E-state index in [9.17, 15) is 9.18 Å². The van der Waals surface area contributed by atoms with Crippen molar-refractivity contribution in [2.24, 2.45) is 0 Å². The molecule has 24 heavy (non-hydrogen) atoms. The summed E-state index contributed by atoms with van der Waals surface area (Å²) in [5.41, 5.74) is 1.20. The van der Waals surface area contributed by atoms with E-state index in [1.165, 1.54) is 26.4 Å². The highest BCUT2D eigenvalue weighted by Gasteiger charge is 2.14. The van der Waals surface area contributed by atoms with Crippen LogP contribution in [-0.2, 0) is 0 Å². The molecule has 0 heterocycles. The van der Waals surface area contributed by atoms with E-state index < -0.39 is 6.03 Å². The first-order valence-corrected chi connectivity index (χ1v) is 7.57. The molecule has 0 aliphatic rings.